The Morgan fingerprint density at radius 3 is 2.31 bits per heavy atom. The monoisotopic (exact) mass is 347 g/mol. The number of nitrogens with zero attached hydrogens (tertiary/aromatic N) is 1. The molecule has 2 aromatic carbocycles. The summed E-state index contributed by atoms with van der Waals surface area (Å²) in [6.07, 6.45) is 3.45. The molecule has 4 heteroatoms. The van der Waals surface area contributed by atoms with Crippen LogP contribution < -0.4 is 0 Å². The molecule has 0 saturated carbocycles. The van der Waals surface area contributed by atoms with Gasteiger partial charge in [-0.1, -0.05) is 60.7 Å². The lowest BCUT2D eigenvalue weighted by atomic mass is 9.90. The molecule has 1 heterocycles. The largest absolute Gasteiger partial charge is 0.463 e. The Balaban J connectivity index is 2.10. The Bertz CT molecular complexity index is 853. The molecule has 4 nitrogen and oxygen atoms in total. The van der Waals surface area contributed by atoms with Gasteiger partial charge in [-0.3, -0.25) is 4.79 Å². The van der Waals surface area contributed by atoms with Gasteiger partial charge in [-0.05, 0) is 30.2 Å². The molecule has 0 aliphatic carbocycles. The maximum absolute atomic E-state index is 12.9. The summed E-state index contributed by atoms with van der Waals surface area (Å²) in [5.41, 5.74) is 2.71. The van der Waals surface area contributed by atoms with Crippen molar-refractivity contribution in [3.8, 4) is 0 Å². The van der Waals surface area contributed by atoms with E-state index < -0.39 is 12.0 Å². The Hall–Kier alpha value is -3.14. The van der Waals surface area contributed by atoms with Crippen molar-refractivity contribution >= 4 is 18.0 Å². The van der Waals surface area contributed by atoms with Crippen LogP contribution in [0.25, 0.3) is 6.08 Å². The standard InChI is InChI=1S/C22H21NO3/c1-3-26-22(25)19-15-18(14-16-10-6-4-7-11-16)21(24)23(2)20(19)17-12-8-5-9-13-17/h4-15,20H,3H2,1-2H3/b18-14-/t20-/m0/s1. The van der Waals surface area contributed by atoms with E-state index in [1.807, 2.05) is 60.7 Å². The van der Waals surface area contributed by atoms with Gasteiger partial charge < -0.3 is 9.64 Å². The Morgan fingerprint density at radius 2 is 1.69 bits per heavy atom. The molecule has 0 spiro atoms. The lowest BCUT2D eigenvalue weighted by Crippen LogP contribution is -2.38. The van der Waals surface area contributed by atoms with Gasteiger partial charge in [0.25, 0.3) is 5.91 Å². The third-order valence-electron chi connectivity index (χ3n) is 4.31. The van der Waals surface area contributed by atoms with Crippen molar-refractivity contribution in [1.82, 2.24) is 4.90 Å². The van der Waals surface area contributed by atoms with Crippen molar-refractivity contribution in [3.63, 3.8) is 0 Å². The van der Waals surface area contributed by atoms with Gasteiger partial charge in [0.1, 0.15) is 0 Å². The van der Waals surface area contributed by atoms with E-state index in [4.69, 9.17) is 4.74 Å². The smallest absolute Gasteiger partial charge is 0.336 e. The van der Waals surface area contributed by atoms with Crippen molar-refractivity contribution in [3.05, 3.63) is 89.0 Å². The van der Waals surface area contributed by atoms with Crippen LogP contribution >= 0.6 is 0 Å². The highest BCUT2D eigenvalue weighted by Gasteiger charge is 2.35. The second kappa shape index (κ2) is 7.83. The van der Waals surface area contributed by atoms with E-state index in [1.54, 1.807) is 31.0 Å². The van der Waals surface area contributed by atoms with E-state index in [0.29, 0.717) is 11.1 Å². The lowest BCUT2D eigenvalue weighted by molar-refractivity contribution is -0.140. The van der Waals surface area contributed by atoms with Gasteiger partial charge in [0.05, 0.1) is 18.2 Å². The molecule has 132 valence electrons. The number of hydrogen-bond acceptors (Lipinski definition) is 3. The van der Waals surface area contributed by atoms with Gasteiger partial charge in [0, 0.05) is 12.6 Å². The topological polar surface area (TPSA) is 46.6 Å². The first-order valence-corrected chi connectivity index (χ1v) is 8.59. The number of amides is 1. The Morgan fingerprint density at radius 1 is 1.08 bits per heavy atom. The summed E-state index contributed by atoms with van der Waals surface area (Å²) in [5, 5.41) is 0. The molecule has 26 heavy (non-hydrogen) atoms. The normalized spacial score (nSPS) is 18.6. The van der Waals surface area contributed by atoms with Crippen molar-refractivity contribution in [2.24, 2.45) is 0 Å². The van der Waals surface area contributed by atoms with E-state index in [0.717, 1.165) is 11.1 Å². The molecule has 0 fully saturated rings. The van der Waals surface area contributed by atoms with Gasteiger partial charge >= 0.3 is 5.97 Å². The quantitative estimate of drug-likeness (QED) is 0.625. The SMILES string of the molecule is CCOC(=O)C1=C/C(=C/c2ccccc2)C(=O)N(C)[C@H]1c1ccccc1. The molecule has 1 amide bonds. The molecule has 0 saturated heterocycles. The highest BCUT2D eigenvalue weighted by molar-refractivity contribution is 6.06. The number of rotatable bonds is 4. The molecule has 0 radical (unpaired) electrons. The van der Waals surface area contributed by atoms with Crippen LogP contribution in [-0.2, 0) is 14.3 Å². The van der Waals surface area contributed by atoms with Crippen LogP contribution in [0.1, 0.15) is 24.1 Å². The molecule has 0 unspecified atom stereocenters. The van der Waals surface area contributed by atoms with Gasteiger partial charge in [0.2, 0.25) is 0 Å². The first kappa shape index (κ1) is 17.7. The number of likely N-dealkylation sites (N-methyl/N-ethyl adjacent to an activating group) is 1. The van der Waals surface area contributed by atoms with E-state index in [1.165, 1.54) is 0 Å². The predicted octanol–water partition coefficient (Wildman–Crippen LogP) is 3.77. The second-order valence-corrected chi connectivity index (χ2v) is 6.06. The van der Waals surface area contributed by atoms with Crippen LogP contribution in [0, 0.1) is 0 Å². The molecule has 2 aromatic rings. The van der Waals surface area contributed by atoms with Gasteiger partial charge in [-0.25, -0.2) is 4.79 Å². The molecule has 0 N–H and O–H groups in total. The van der Waals surface area contributed by atoms with Crippen LogP contribution in [0.4, 0.5) is 0 Å². The van der Waals surface area contributed by atoms with Crippen LogP contribution in [-0.4, -0.2) is 30.4 Å². The fraction of sp³-hybridized carbons (Fsp3) is 0.182. The summed E-state index contributed by atoms with van der Waals surface area (Å²) < 4.78 is 5.24. The van der Waals surface area contributed by atoms with Gasteiger partial charge in [0.15, 0.2) is 0 Å². The Labute approximate surface area is 153 Å². The van der Waals surface area contributed by atoms with E-state index >= 15 is 0 Å². The maximum atomic E-state index is 12.9. The summed E-state index contributed by atoms with van der Waals surface area (Å²) >= 11 is 0. The summed E-state index contributed by atoms with van der Waals surface area (Å²) in [7, 11) is 1.71. The summed E-state index contributed by atoms with van der Waals surface area (Å²) in [5.74, 6) is -0.532. The molecule has 1 atom stereocenters. The van der Waals surface area contributed by atoms with Crippen LogP contribution in [0.5, 0.6) is 0 Å². The minimum absolute atomic E-state index is 0.129. The van der Waals surface area contributed by atoms with Crippen LogP contribution in [0.3, 0.4) is 0 Å². The van der Waals surface area contributed by atoms with E-state index in [9.17, 15) is 9.59 Å². The fourth-order valence-corrected chi connectivity index (χ4v) is 3.09. The number of carbonyl (C=O) groups is 2. The third-order valence-corrected chi connectivity index (χ3v) is 4.31. The summed E-state index contributed by atoms with van der Waals surface area (Å²) in [6.45, 7) is 2.06. The molecule has 3 rings (SSSR count). The van der Waals surface area contributed by atoms with Crippen molar-refractivity contribution < 1.29 is 14.3 Å². The number of carbonyl (C=O) groups excluding carboxylic acids is 2. The fourth-order valence-electron chi connectivity index (χ4n) is 3.09. The van der Waals surface area contributed by atoms with Crippen molar-refractivity contribution in [2.45, 2.75) is 13.0 Å². The van der Waals surface area contributed by atoms with Crippen molar-refractivity contribution in [1.29, 1.82) is 0 Å². The Kier molecular flexibility index (Phi) is 5.32. The summed E-state index contributed by atoms with van der Waals surface area (Å²) in [4.78, 5) is 27.1. The predicted molar refractivity (Wildman–Crippen MR) is 101 cm³/mol. The number of benzene rings is 2. The average Bonchev–Trinajstić information content (AvgIpc) is 2.67. The first-order valence-electron chi connectivity index (χ1n) is 8.59. The lowest BCUT2D eigenvalue weighted by Gasteiger charge is -2.34. The molecular formula is C22H21NO3. The van der Waals surface area contributed by atoms with Gasteiger partial charge in [-0.2, -0.15) is 0 Å². The van der Waals surface area contributed by atoms with Crippen molar-refractivity contribution in [2.75, 3.05) is 13.7 Å². The van der Waals surface area contributed by atoms with Crippen LogP contribution in [0.2, 0.25) is 0 Å². The average molecular weight is 347 g/mol. The zero-order valence-electron chi connectivity index (χ0n) is 14.9. The third kappa shape index (κ3) is 3.59. The molecule has 0 bridgehead atoms. The second-order valence-electron chi connectivity index (χ2n) is 6.06. The van der Waals surface area contributed by atoms with E-state index in [-0.39, 0.29) is 12.5 Å². The first-order chi connectivity index (χ1) is 12.6. The number of hydrogen-bond donors (Lipinski definition) is 0. The minimum Gasteiger partial charge on any atom is -0.463 e. The summed E-state index contributed by atoms with van der Waals surface area (Å²) in [6, 6.07) is 18.6. The highest BCUT2D eigenvalue weighted by atomic mass is 16.5. The minimum atomic E-state index is -0.462. The zero-order chi connectivity index (χ0) is 18.5. The number of esters is 1. The molecule has 1 aliphatic heterocycles. The maximum Gasteiger partial charge on any atom is 0.336 e. The zero-order valence-corrected chi connectivity index (χ0v) is 14.9. The molecule has 1 aliphatic rings. The van der Waals surface area contributed by atoms with Gasteiger partial charge in [-0.15, -0.1) is 0 Å². The molecule has 0 aromatic heterocycles. The molecular weight excluding hydrogens is 326 g/mol. The van der Waals surface area contributed by atoms with E-state index in [2.05, 4.69) is 0 Å². The highest BCUT2D eigenvalue weighted by Crippen LogP contribution is 2.34. The number of ether oxygens (including phenoxy) is 1. The van der Waals surface area contributed by atoms with Crippen LogP contribution in [0.15, 0.2) is 77.9 Å².